The lowest BCUT2D eigenvalue weighted by Gasteiger charge is -2.26. The second-order valence-corrected chi connectivity index (χ2v) is 20.8. The summed E-state index contributed by atoms with van der Waals surface area (Å²) < 4.78 is 57.3. The second-order valence-electron chi connectivity index (χ2n) is 20.8. The van der Waals surface area contributed by atoms with E-state index in [1.165, 1.54) is 0 Å². The van der Waals surface area contributed by atoms with E-state index in [0.717, 1.165) is 64.5 Å². The van der Waals surface area contributed by atoms with Crippen molar-refractivity contribution in [2.75, 3.05) is 67.1 Å². The van der Waals surface area contributed by atoms with E-state index in [1.807, 2.05) is 109 Å². The zero-order valence-electron chi connectivity index (χ0n) is 44.8. The van der Waals surface area contributed by atoms with E-state index in [2.05, 4.69) is 52.0 Å². The summed E-state index contributed by atoms with van der Waals surface area (Å²) in [5.41, 5.74) is 7.04. The summed E-state index contributed by atoms with van der Waals surface area (Å²) in [6.07, 6.45) is 4.48. The Morgan fingerprint density at radius 3 is 1.13 bits per heavy atom. The highest BCUT2D eigenvalue weighted by atomic mass is 16.6. The van der Waals surface area contributed by atoms with Crippen LogP contribution in [0.15, 0.2) is 145 Å². The van der Waals surface area contributed by atoms with Crippen molar-refractivity contribution in [2.24, 2.45) is 0 Å². The Morgan fingerprint density at radius 1 is 0.481 bits per heavy atom. The van der Waals surface area contributed by atoms with Crippen molar-refractivity contribution in [2.45, 2.75) is 82.2 Å². The highest BCUT2D eigenvalue weighted by molar-refractivity contribution is 6.14. The van der Waals surface area contributed by atoms with Gasteiger partial charge in [-0.15, -0.1) is 0 Å². The zero-order chi connectivity index (χ0) is 53.9. The molecule has 0 spiro atoms. The van der Waals surface area contributed by atoms with Crippen molar-refractivity contribution >= 4 is 17.9 Å². The van der Waals surface area contributed by atoms with Crippen molar-refractivity contribution < 1.29 is 62.4 Å². The molecule has 0 amide bonds. The maximum Gasteiger partial charge on any atom is 0.185 e. The molecule has 3 fully saturated rings. The van der Waals surface area contributed by atoms with Crippen LogP contribution >= 0.6 is 0 Å². The third kappa shape index (κ3) is 14.6. The summed E-state index contributed by atoms with van der Waals surface area (Å²) in [5, 5.41) is 21.6. The Bertz CT molecular complexity index is 2770. The number of allylic oxidation sites excluding steroid dienone is 2. The molecule has 4 atom stereocenters. The molecule has 0 bridgehead atoms. The number of ether oxygens (including phenoxy) is 10. The number of epoxide rings is 2. The summed E-state index contributed by atoms with van der Waals surface area (Å²) in [6, 6.07) is 43.1. The van der Waals surface area contributed by atoms with Gasteiger partial charge in [-0.1, -0.05) is 88.4 Å². The quantitative estimate of drug-likeness (QED) is 0.0391. The van der Waals surface area contributed by atoms with Crippen LogP contribution in [0.5, 0.6) is 46.0 Å². The number of aliphatic hydroxyl groups excluding tert-OH is 2. The molecule has 0 aromatic heterocycles. The van der Waals surface area contributed by atoms with E-state index < -0.39 is 12.2 Å². The number of rotatable bonds is 26. The van der Waals surface area contributed by atoms with E-state index in [-0.39, 0.29) is 55.2 Å². The lowest BCUT2D eigenvalue weighted by atomic mass is 9.78. The Hall–Kier alpha value is -7.29. The van der Waals surface area contributed by atoms with E-state index in [4.69, 9.17) is 47.4 Å². The molecule has 1 aliphatic carbocycles. The molecule has 2 heterocycles. The number of Topliss-reactive ketones (excluding diaryl/α,β-unsaturated/α-hetero) is 1. The summed E-state index contributed by atoms with van der Waals surface area (Å²) in [6.45, 7) is 11.4. The summed E-state index contributed by atoms with van der Waals surface area (Å²) >= 11 is 0. The fourth-order valence-corrected chi connectivity index (χ4v) is 9.13. The van der Waals surface area contributed by atoms with Gasteiger partial charge >= 0.3 is 0 Å². The van der Waals surface area contributed by atoms with Gasteiger partial charge in [0.2, 0.25) is 0 Å². The molecule has 4 unspecified atom stereocenters. The molecule has 13 heteroatoms. The van der Waals surface area contributed by atoms with Crippen LogP contribution < -0.4 is 37.9 Å². The average Bonchev–Trinajstić information content (AvgIpc) is 4.41. The monoisotopic (exact) mass is 1050 g/mol. The van der Waals surface area contributed by atoms with Gasteiger partial charge in [-0.2, -0.15) is 0 Å². The van der Waals surface area contributed by atoms with Gasteiger partial charge in [0.15, 0.2) is 28.8 Å². The standard InChI is InChI=1S/C64H70O13/c1-63(2,48-16-24-54(25-17-48)72-38-56-40-74-56)46-12-20-52(21-13-46)70-34-50(65)36-76-58-28-10-42(32-60(58)68-5)30-44-8-7-9-45(62(44)67)31-43-11-29-59(61(33-43)69-6)77-37-51(66)35-71-53-22-14-47(15-23-53)64(3,4)49-18-26-55(27-19-49)73-39-57-41-75-57/h10-33,50-51,56-57,65-66H,7-9,34-41H2,1-6H3/b44-30-,45-31?. The summed E-state index contributed by atoms with van der Waals surface area (Å²) in [5.74, 6) is 4.79. The van der Waals surface area contributed by atoms with E-state index in [1.54, 1.807) is 26.4 Å². The molecule has 6 aromatic rings. The first-order valence-corrected chi connectivity index (χ1v) is 26.3. The molecular weight excluding hydrogens is 977 g/mol. The fraction of sp³-hybridized carbons (Fsp3) is 0.359. The SMILES string of the molecule is COc1cc(C=C2CCC/C(=C/c3ccc(OCC(O)COc4ccc(C(C)(C)c5ccc(OCC6CO6)cc5)cc4)c(OC)c3)C2=O)ccc1OCC(O)COc1ccc(C(C)(C)c2ccc(OCC3CO3)cc2)cc1. The van der Waals surface area contributed by atoms with Crippen LogP contribution in [0.2, 0.25) is 0 Å². The highest BCUT2D eigenvalue weighted by Gasteiger charge is 2.28. The van der Waals surface area contributed by atoms with Gasteiger partial charge < -0.3 is 57.6 Å². The van der Waals surface area contributed by atoms with Crippen molar-refractivity contribution in [1.29, 1.82) is 0 Å². The van der Waals surface area contributed by atoms with Crippen LogP contribution in [0, 0.1) is 0 Å². The highest BCUT2D eigenvalue weighted by Crippen LogP contribution is 2.37. The van der Waals surface area contributed by atoms with E-state index >= 15 is 0 Å². The number of hydrogen-bond donors (Lipinski definition) is 2. The number of hydrogen-bond acceptors (Lipinski definition) is 13. The fourth-order valence-electron chi connectivity index (χ4n) is 9.13. The number of carbonyl (C=O) groups excluding carboxylic acids is 1. The number of methoxy groups -OCH3 is 2. The largest absolute Gasteiger partial charge is 0.493 e. The van der Waals surface area contributed by atoms with Gasteiger partial charge in [0.05, 0.1) is 27.4 Å². The van der Waals surface area contributed by atoms with Crippen LogP contribution in [0.3, 0.4) is 0 Å². The molecule has 6 aromatic carbocycles. The lowest BCUT2D eigenvalue weighted by molar-refractivity contribution is -0.112. The molecule has 13 nitrogen and oxygen atoms in total. The maximum absolute atomic E-state index is 13.8. The Labute approximate surface area is 451 Å². The Morgan fingerprint density at radius 2 is 0.805 bits per heavy atom. The molecule has 404 valence electrons. The first kappa shape index (κ1) is 54.5. The molecule has 77 heavy (non-hydrogen) atoms. The van der Waals surface area contributed by atoms with Crippen molar-refractivity contribution in [1.82, 2.24) is 0 Å². The summed E-state index contributed by atoms with van der Waals surface area (Å²) in [4.78, 5) is 13.8. The minimum absolute atomic E-state index is 0.0159. The van der Waals surface area contributed by atoms with Crippen molar-refractivity contribution in [3.63, 3.8) is 0 Å². The molecule has 1 saturated carbocycles. The van der Waals surface area contributed by atoms with Gasteiger partial charge in [-0.25, -0.2) is 0 Å². The minimum Gasteiger partial charge on any atom is -0.493 e. The predicted molar refractivity (Wildman–Crippen MR) is 295 cm³/mol. The van der Waals surface area contributed by atoms with Crippen LogP contribution in [-0.4, -0.2) is 107 Å². The number of aliphatic hydroxyl groups is 2. The third-order valence-corrected chi connectivity index (χ3v) is 14.3. The molecular formula is C64H70O13. The molecule has 3 aliphatic rings. The molecule has 2 N–H and O–H groups in total. The Balaban J connectivity index is 0.723. The van der Waals surface area contributed by atoms with Crippen molar-refractivity contribution in [3.8, 4) is 46.0 Å². The first-order chi connectivity index (χ1) is 37.2. The number of ketones is 1. The third-order valence-electron chi connectivity index (χ3n) is 14.3. The topological polar surface area (TPSA) is 156 Å². The second kappa shape index (κ2) is 24.8. The first-order valence-electron chi connectivity index (χ1n) is 26.3. The Kier molecular flexibility index (Phi) is 17.6. The lowest BCUT2D eigenvalue weighted by Crippen LogP contribution is -2.25. The van der Waals surface area contributed by atoms with Crippen molar-refractivity contribution in [3.05, 3.63) is 178 Å². The zero-order valence-corrected chi connectivity index (χ0v) is 44.8. The number of benzene rings is 6. The molecule has 9 rings (SSSR count). The summed E-state index contributed by atoms with van der Waals surface area (Å²) in [7, 11) is 3.11. The minimum atomic E-state index is -0.906. The predicted octanol–water partition coefficient (Wildman–Crippen LogP) is 10.8. The van der Waals surface area contributed by atoms with Crippen LogP contribution in [0.25, 0.3) is 12.2 Å². The van der Waals surface area contributed by atoms with Gasteiger partial charge in [-0.3, -0.25) is 4.79 Å². The van der Waals surface area contributed by atoms with E-state index in [0.29, 0.717) is 71.7 Å². The molecule has 2 aliphatic heterocycles. The van der Waals surface area contributed by atoms with Gasteiger partial charge in [0.1, 0.15) is 87.1 Å². The molecule has 2 saturated heterocycles. The van der Waals surface area contributed by atoms with Crippen LogP contribution in [0.1, 0.15) is 80.3 Å². The molecule has 0 radical (unpaired) electrons. The van der Waals surface area contributed by atoms with Crippen LogP contribution in [-0.2, 0) is 25.1 Å². The smallest absolute Gasteiger partial charge is 0.185 e. The van der Waals surface area contributed by atoms with Gasteiger partial charge in [0.25, 0.3) is 0 Å². The number of carbonyl (C=O) groups is 1. The normalized spacial score (nSPS) is 18.1. The van der Waals surface area contributed by atoms with Crippen LogP contribution in [0.4, 0.5) is 0 Å². The van der Waals surface area contributed by atoms with Gasteiger partial charge in [-0.05, 0) is 138 Å². The maximum atomic E-state index is 13.8. The van der Waals surface area contributed by atoms with E-state index in [9.17, 15) is 15.0 Å². The van der Waals surface area contributed by atoms with Gasteiger partial charge in [0, 0.05) is 22.0 Å². The average molecular weight is 1050 g/mol.